The van der Waals surface area contributed by atoms with Crippen LogP contribution in [0.2, 0.25) is 0 Å². The molecule has 1 aromatic carbocycles. The highest BCUT2D eigenvalue weighted by Crippen LogP contribution is 2.21. The number of benzene rings is 1. The summed E-state index contributed by atoms with van der Waals surface area (Å²) in [6, 6.07) is 4.12. The van der Waals surface area contributed by atoms with E-state index in [1.807, 2.05) is 13.8 Å². The topological polar surface area (TPSA) is 12.0 Å². The minimum absolute atomic E-state index is 0.111. The first-order valence-corrected chi connectivity index (χ1v) is 7.55. The smallest absolute Gasteiger partial charge is 0.123 e. The predicted molar refractivity (Wildman–Crippen MR) is 79.0 cm³/mol. The monoisotopic (exact) mass is 263 g/mol. The average molecular weight is 263 g/mol. The highest BCUT2D eigenvalue weighted by atomic mass is 19.1. The fraction of sp³-hybridized carbons (Fsp3) is 0.647. The summed E-state index contributed by atoms with van der Waals surface area (Å²) in [5.41, 5.74) is 3.53. The van der Waals surface area contributed by atoms with Crippen LogP contribution in [0.15, 0.2) is 12.1 Å². The number of aryl methyl sites for hydroxylation is 2. The molecule has 1 N–H and O–H groups in total. The van der Waals surface area contributed by atoms with Gasteiger partial charge in [0.2, 0.25) is 0 Å². The van der Waals surface area contributed by atoms with E-state index in [0.717, 1.165) is 36.1 Å². The molecule has 0 heterocycles. The summed E-state index contributed by atoms with van der Waals surface area (Å²) in [5, 5.41) is 3.57. The van der Waals surface area contributed by atoms with Gasteiger partial charge in [-0.05, 0) is 87.2 Å². The molecule has 1 saturated carbocycles. The SMILES string of the molecule is Cc1cc(F)cc(C)c1CCC(C)CCNC1CC1. The maximum absolute atomic E-state index is 13.2. The van der Waals surface area contributed by atoms with Crippen LogP contribution in [0, 0.1) is 25.6 Å². The summed E-state index contributed by atoms with van der Waals surface area (Å²) in [7, 11) is 0. The molecule has 0 aromatic heterocycles. The molecular formula is C17H26FN. The van der Waals surface area contributed by atoms with E-state index in [1.54, 1.807) is 12.1 Å². The molecule has 2 rings (SSSR count). The summed E-state index contributed by atoms with van der Waals surface area (Å²) in [4.78, 5) is 0. The van der Waals surface area contributed by atoms with Crippen molar-refractivity contribution in [3.63, 3.8) is 0 Å². The van der Waals surface area contributed by atoms with E-state index in [-0.39, 0.29) is 5.82 Å². The largest absolute Gasteiger partial charge is 0.314 e. The zero-order valence-corrected chi connectivity index (χ0v) is 12.4. The van der Waals surface area contributed by atoms with Crippen LogP contribution in [-0.4, -0.2) is 12.6 Å². The Morgan fingerprint density at radius 3 is 2.42 bits per heavy atom. The number of rotatable bonds is 7. The Bertz CT molecular complexity index is 400. The normalized spacial score (nSPS) is 16.6. The summed E-state index contributed by atoms with van der Waals surface area (Å²) >= 11 is 0. The number of halogens is 1. The van der Waals surface area contributed by atoms with Crippen LogP contribution in [0.3, 0.4) is 0 Å². The summed E-state index contributed by atoms with van der Waals surface area (Å²) < 4.78 is 13.2. The second kappa shape index (κ2) is 6.51. The highest BCUT2D eigenvalue weighted by Gasteiger charge is 2.19. The minimum atomic E-state index is -0.111. The van der Waals surface area contributed by atoms with Gasteiger partial charge >= 0.3 is 0 Å². The molecule has 1 aromatic rings. The van der Waals surface area contributed by atoms with Crippen molar-refractivity contribution in [2.24, 2.45) is 5.92 Å². The van der Waals surface area contributed by atoms with E-state index in [0.29, 0.717) is 0 Å². The van der Waals surface area contributed by atoms with Crippen molar-refractivity contribution in [2.75, 3.05) is 6.54 Å². The van der Waals surface area contributed by atoms with Crippen LogP contribution < -0.4 is 5.32 Å². The van der Waals surface area contributed by atoms with Crippen molar-refractivity contribution >= 4 is 0 Å². The molecule has 19 heavy (non-hydrogen) atoms. The zero-order valence-electron chi connectivity index (χ0n) is 12.4. The number of hydrogen-bond acceptors (Lipinski definition) is 1. The number of hydrogen-bond donors (Lipinski definition) is 1. The lowest BCUT2D eigenvalue weighted by Gasteiger charge is -2.15. The molecule has 1 fully saturated rings. The Balaban J connectivity index is 1.77. The average Bonchev–Trinajstić information content (AvgIpc) is 3.11. The van der Waals surface area contributed by atoms with Gasteiger partial charge in [-0.1, -0.05) is 6.92 Å². The van der Waals surface area contributed by atoms with Crippen molar-refractivity contribution in [1.82, 2.24) is 5.32 Å². The fourth-order valence-electron chi connectivity index (χ4n) is 2.69. The predicted octanol–water partition coefficient (Wildman–Crippen LogP) is 4.15. The van der Waals surface area contributed by atoms with Gasteiger partial charge in [0.25, 0.3) is 0 Å². The van der Waals surface area contributed by atoms with E-state index in [2.05, 4.69) is 12.2 Å². The maximum atomic E-state index is 13.2. The lowest BCUT2D eigenvalue weighted by Crippen LogP contribution is -2.19. The molecule has 1 aliphatic carbocycles. The molecule has 0 saturated heterocycles. The lowest BCUT2D eigenvalue weighted by molar-refractivity contribution is 0.468. The first-order chi connectivity index (χ1) is 9.06. The highest BCUT2D eigenvalue weighted by molar-refractivity contribution is 5.34. The van der Waals surface area contributed by atoms with Crippen LogP contribution in [0.25, 0.3) is 0 Å². The van der Waals surface area contributed by atoms with Crippen molar-refractivity contribution in [3.8, 4) is 0 Å². The molecule has 0 radical (unpaired) electrons. The van der Waals surface area contributed by atoms with Gasteiger partial charge in [-0.2, -0.15) is 0 Å². The Morgan fingerprint density at radius 1 is 1.21 bits per heavy atom. The van der Waals surface area contributed by atoms with Crippen molar-refractivity contribution in [3.05, 3.63) is 34.6 Å². The number of nitrogens with one attached hydrogen (secondary N) is 1. The molecule has 0 spiro atoms. The summed E-state index contributed by atoms with van der Waals surface area (Å²) in [5.74, 6) is 0.621. The van der Waals surface area contributed by atoms with Crippen molar-refractivity contribution in [1.29, 1.82) is 0 Å². The van der Waals surface area contributed by atoms with Crippen LogP contribution in [-0.2, 0) is 6.42 Å². The van der Waals surface area contributed by atoms with Gasteiger partial charge in [0.15, 0.2) is 0 Å². The first-order valence-electron chi connectivity index (χ1n) is 7.55. The third-order valence-electron chi connectivity index (χ3n) is 4.20. The second-order valence-electron chi connectivity index (χ2n) is 6.18. The van der Waals surface area contributed by atoms with E-state index in [9.17, 15) is 4.39 Å². The van der Waals surface area contributed by atoms with Crippen LogP contribution in [0.5, 0.6) is 0 Å². The van der Waals surface area contributed by atoms with Crippen LogP contribution >= 0.6 is 0 Å². The Morgan fingerprint density at radius 2 is 1.84 bits per heavy atom. The molecule has 1 atom stereocenters. The first kappa shape index (κ1) is 14.5. The van der Waals surface area contributed by atoms with Gasteiger partial charge in [0.05, 0.1) is 0 Å². The maximum Gasteiger partial charge on any atom is 0.123 e. The minimum Gasteiger partial charge on any atom is -0.314 e. The Kier molecular flexibility index (Phi) is 4.98. The third kappa shape index (κ3) is 4.61. The fourth-order valence-corrected chi connectivity index (χ4v) is 2.69. The molecular weight excluding hydrogens is 237 g/mol. The summed E-state index contributed by atoms with van der Waals surface area (Å²) in [6.45, 7) is 7.51. The molecule has 0 aliphatic heterocycles. The van der Waals surface area contributed by atoms with Crippen molar-refractivity contribution in [2.45, 2.75) is 58.9 Å². The quantitative estimate of drug-likeness (QED) is 0.779. The van der Waals surface area contributed by atoms with Crippen LogP contribution in [0.1, 0.15) is 49.3 Å². The molecule has 2 heteroatoms. The molecule has 1 aliphatic rings. The molecule has 0 bridgehead atoms. The molecule has 106 valence electrons. The van der Waals surface area contributed by atoms with E-state index >= 15 is 0 Å². The van der Waals surface area contributed by atoms with E-state index < -0.39 is 0 Å². The van der Waals surface area contributed by atoms with Crippen molar-refractivity contribution < 1.29 is 4.39 Å². The molecule has 1 unspecified atom stereocenters. The van der Waals surface area contributed by atoms with Gasteiger partial charge in [-0.25, -0.2) is 4.39 Å². The Labute approximate surface area is 116 Å². The van der Waals surface area contributed by atoms with Crippen LogP contribution in [0.4, 0.5) is 4.39 Å². The molecule has 1 nitrogen and oxygen atoms in total. The second-order valence-corrected chi connectivity index (χ2v) is 6.18. The van der Waals surface area contributed by atoms with Gasteiger partial charge in [0.1, 0.15) is 5.82 Å². The van der Waals surface area contributed by atoms with E-state index in [4.69, 9.17) is 0 Å². The van der Waals surface area contributed by atoms with Gasteiger partial charge < -0.3 is 5.32 Å². The molecule has 0 amide bonds. The van der Waals surface area contributed by atoms with E-state index in [1.165, 1.54) is 31.2 Å². The van der Waals surface area contributed by atoms with Gasteiger partial charge in [-0.3, -0.25) is 0 Å². The van der Waals surface area contributed by atoms with Gasteiger partial charge in [0, 0.05) is 6.04 Å². The Hall–Kier alpha value is -0.890. The van der Waals surface area contributed by atoms with Gasteiger partial charge in [-0.15, -0.1) is 0 Å². The lowest BCUT2D eigenvalue weighted by atomic mass is 9.93. The standard InChI is InChI=1S/C17H26FN/c1-12(8-9-19-16-5-6-16)4-7-17-13(2)10-15(18)11-14(17)3/h10-12,16,19H,4-9H2,1-3H3. The summed E-state index contributed by atoms with van der Waals surface area (Å²) in [6.07, 6.45) is 6.24. The third-order valence-corrected chi connectivity index (χ3v) is 4.20. The zero-order chi connectivity index (χ0) is 13.8.